The molecule has 0 amide bonds. The van der Waals surface area contributed by atoms with Crippen LogP contribution < -0.4 is 0 Å². The lowest BCUT2D eigenvalue weighted by Gasteiger charge is -2.58. The highest BCUT2D eigenvalue weighted by Crippen LogP contribution is 2.66. The number of hydrogen-bond donors (Lipinski definition) is 1. The van der Waals surface area contributed by atoms with Gasteiger partial charge < -0.3 is 9.84 Å². The summed E-state index contributed by atoms with van der Waals surface area (Å²) in [6.45, 7) is 4.37. The third-order valence-corrected chi connectivity index (χ3v) is 9.27. The molecule has 0 bridgehead atoms. The molecule has 0 aliphatic heterocycles. The Kier molecular flexibility index (Phi) is 5.86. The van der Waals surface area contributed by atoms with Gasteiger partial charge in [0.15, 0.2) is 11.6 Å². The van der Waals surface area contributed by atoms with Crippen LogP contribution in [0.3, 0.4) is 0 Å². The third kappa shape index (κ3) is 3.87. The molecule has 3 saturated carbocycles. The zero-order valence-corrected chi connectivity index (χ0v) is 18.7. The number of carbonyl (C=O) groups is 4. The molecule has 170 valence electrons. The van der Waals surface area contributed by atoms with Crippen molar-refractivity contribution in [1.82, 2.24) is 0 Å². The van der Waals surface area contributed by atoms with E-state index in [9.17, 15) is 19.2 Å². The maximum absolute atomic E-state index is 13.0. The summed E-state index contributed by atoms with van der Waals surface area (Å²) in [7, 11) is 0. The number of esters is 1. The maximum atomic E-state index is 13.0. The van der Waals surface area contributed by atoms with Gasteiger partial charge in [0, 0.05) is 12.3 Å². The Morgan fingerprint density at radius 1 is 1.03 bits per heavy atom. The predicted molar refractivity (Wildman–Crippen MR) is 113 cm³/mol. The second kappa shape index (κ2) is 8.18. The Labute approximate surface area is 183 Å². The number of Topliss-reactive ketones (excluding diaryl/α,β-unsaturated/α-hetero) is 1. The summed E-state index contributed by atoms with van der Waals surface area (Å²) in [5.74, 6) is 0.168. The summed E-state index contributed by atoms with van der Waals surface area (Å²) in [5.41, 5.74) is 1.42. The lowest BCUT2D eigenvalue weighted by atomic mass is 9.46. The number of aliphatic carboxylic acids is 1. The topological polar surface area (TPSA) is 97.7 Å². The molecule has 6 atom stereocenters. The normalized spacial score (nSPS) is 39.0. The molecule has 0 radical (unpaired) electrons. The first-order valence-corrected chi connectivity index (χ1v) is 11.8. The molecule has 0 saturated heterocycles. The predicted octanol–water partition coefficient (Wildman–Crippen LogP) is 4.11. The Hall–Kier alpha value is -1.98. The number of rotatable bonds is 6. The van der Waals surface area contributed by atoms with Crippen molar-refractivity contribution in [2.75, 3.05) is 6.61 Å². The fraction of sp³-hybridized carbons (Fsp3) is 0.760. The van der Waals surface area contributed by atoms with Gasteiger partial charge >= 0.3 is 11.9 Å². The molecule has 0 heterocycles. The summed E-state index contributed by atoms with van der Waals surface area (Å²) in [4.78, 5) is 47.3. The highest BCUT2D eigenvalue weighted by Gasteiger charge is 2.60. The smallest absolute Gasteiger partial charge is 0.306 e. The van der Waals surface area contributed by atoms with Crippen molar-refractivity contribution < 1.29 is 29.0 Å². The first-order chi connectivity index (χ1) is 14.6. The number of carboxylic acid groups (broad SMARTS) is 1. The number of hydrogen-bond acceptors (Lipinski definition) is 5. The van der Waals surface area contributed by atoms with E-state index in [0.717, 1.165) is 44.9 Å². The Morgan fingerprint density at radius 3 is 2.55 bits per heavy atom. The lowest BCUT2D eigenvalue weighted by Crippen LogP contribution is -2.51. The number of ketones is 2. The summed E-state index contributed by atoms with van der Waals surface area (Å²) in [6.07, 6.45) is 9.11. The fourth-order valence-corrected chi connectivity index (χ4v) is 7.62. The SMILES string of the molecule is C[C@]12CC[C@@H]3[C@H](CCC4=CC(=O)CC[C@]43C)[C@H]1CC[C@H]2C(=O)COC(=O)CCC(=O)O. The van der Waals surface area contributed by atoms with Gasteiger partial charge in [-0.3, -0.25) is 19.2 Å². The van der Waals surface area contributed by atoms with Crippen molar-refractivity contribution in [3.63, 3.8) is 0 Å². The number of allylic oxidation sites excluding steroid dienone is 1. The number of carbonyl (C=O) groups excluding carboxylic acids is 3. The molecule has 31 heavy (non-hydrogen) atoms. The molecule has 6 heteroatoms. The van der Waals surface area contributed by atoms with Gasteiger partial charge in [-0.25, -0.2) is 0 Å². The molecule has 3 fully saturated rings. The zero-order chi connectivity index (χ0) is 22.4. The van der Waals surface area contributed by atoms with E-state index in [1.807, 2.05) is 6.08 Å². The number of carboxylic acids is 1. The monoisotopic (exact) mass is 430 g/mol. The van der Waals surface area contributed by atoms with Crippen LogP contribution in [0, 0.1) is 34.5 Å². The average molecular weight is 431 g/mol. The van der Waals surface area contributed by atoms with Gasteiger partial charge in [-0.15, -0.1) is 0 Å². The van der Waals surface area contributed by atoms with Crippen LogP contribution in [0.25, 0.3) is 0 Å². The molecule has 0 aromatic carbocycles. The van der Waals surface area contributed by atoms with Crippen LogP contribution in [-0.2, 0) is 23.9 Å². The second-order valence-electron chi connectivity index (χ2n) is 10.7. The molecule has 0 aromatic rings. The molecule has 0 unspecified atom stereocenters. The molecular formula is C25H34O6. The van der Waals surface area contributed by atoms with Crippen molar-refractivity contribution in [3.05, 3.63) is 11.6 Å². The molecule has 4 rings (SSSR count). The van der Waals surface area contributed by atoms with E-state index < -0.39 is 11.9 Å². The van der Waals surface area contributed by atoms with Gasteiger partial charge in [0.2, 0.25) is 0 Å². The minimum atomic E-state index is -1.05. The Morgan fingerprint density at radius 2 is 1.81 bits per heavy atom. The van der Waals surface area contributed by atoms with Crippen LogP contribution in [0.5, 0.6) is 0 Å². The van der Waals surface area contributed by atoms with E-state index >= 15 is 0 Å². The minimum Gasteiger partial charge on any atom is -0.481 e. The van der Waals surface area contributed by atoms with Crippen LogP contribution in [0.15, 0.2) is 11.6 Å². The van der Waals surface area contributed by atoms with Gasteiger partial charge in [0.25, 0.3) is 0 Å². The van der Waals surface area contributed by atoms with Crippen LogP contribution in [-0.4, -0.2) is 35.2 Å². The minimum absolute atomic E-state index is 0.0157. The van der Waals surface area contributed by atoms with Gasteiger partial charge in [-0.05, 0) is 79.6 Å². The number of ether oxygens (including phenoxy) is 1. The molecular weight excluding hydrogens is 396 g/mol. The summed E-state index contributed by atoms with van der Waals surface area (Å²) < 4.78 is 5.10. The molecule has 0 spiro atoms. The van der Waals surface area contributed by atoms with Crippen molar-refractivity contribution in [2.24, 2.45) is 34.5 Å². The molecule has 0 aromatic heterocycles. The first kappa shape index (κ1) is 22.2. The van der Waals surface area contributed by atoms with Gasteiger partial charge in [0.05, 0.1) is 12.8 Å². The summed E-state index contributed by atoms with van der Waals surface area (Å²) in [5, 5.41) is 8.68. The molecule has 4 aliphatic carbocycles. The van der Waals surface area contributed by atoms with Crippen LogP contribution in [0.1, 0.15) is 78.1 Å². The largest absolute Gasteiger partial charge is 0.481 e. The molecule has 4 aliphatic rings. The van der Waals surface area contributed by atoms with Crippen molar-refractivity contribution >= 4 is 23.5 Å². The number of fused-ring (bicyclic) bond motifs is 5. The van der Waals surface area contributed by atoms with E-state index in [1.165, 1.54) is 5.57 Å². The lowest BCUT2D eigenvalue weighted by molar-refractivity contribution is -0.152. The maximum Gasteiger partial charge on any atom is 0.306 e. The van der Waals surface area contributed by atoms with E-state index in [2.05, 4.69) is 13.8 Å². The van der Waals surface area contributed by atoms with E-state index in [4.69, 9.17) is 9.84 Å². The van der Waals surface area contributed by atoms with E-state index in [0.29, 0.717) is 24.2 Å². The molecule has 1 N–H and O–H groups in total. The van der Waals surface area contributed by atoms with Crippen LogP contribution >= 0.6 is 0 Å². The Bertz CT molecular complexity index is 828. The quantitative estimate of drug-likeness (QED) is 0.637. The van der Waals surface area contributed by atoms with Gasteiger partial charge in [-0.2, -0.15) is 0 Å². The fourth-order valence-electron chi connectivity index (χ4n) is 7.62. The highest BCUT2D eigenvalue weighted by molar-refractivity contribution is 5.91. The Balaban J connectivity index is 1.43. The molecule has 6 nitrogen and oxygen atoms in total. The second-order valence-corrected chi connectivity index (χ2v) is 10.7. The third-order valence-electron chi connectivity index (χ3n) is 9.27. The highest BCUT2D eigenvalue weighted by atomic mass is 16.5. The van der Waals surface area contributed by atoms with Crippen molar-refractivity contribution in [2.45, 2.75) is 78.1 Å². The van der Waals surface area contributed by atoms with E-state index in [-0.39, 0.29) is 47.8 Å². The summed E-state index contributed by atoms with van der Waals surface area (Å²) >= 11 is 0. The van der Waals surface area contributed by atoms with Gasteiger partial charge in [0.1, 0.15) is 6.61 Å². The summed E-state index contributed by atoms with van der Waals surface area (Å²) in [6, 6.07) is 0. The van der Waals surface area contributed by atoms with E-state index in [1.54, 1.807) is 0 Å². The van der Waals surface area contributed by atoms with Crippen molar-refractivity contribution in [1.29, 1.82) is 0 Å². The average Bonchev–Trinajstić information content (AvgIpc) is 3.08. The van der Waals surface area contributed by atoms with Crippen molar-refractivity contribution in [3.8, 4) is 0 Å². The standard InChI is InChI=1S/C25H34O6/c1-24-11-9-16(26)13-15(24)3-4-17-18-5-6-20(25(18,2)12-10-19(17)24)21(27)14-31-23(30)8-7-22(28)29/h13,17-20H,3-12,14H2,1-2H3,(H,28,29)/t17-,18-,19-,20+,24-,25+/m1/s1. The zero-order valence-electron chi connectivity index (χ0n) is 18.7. The van der Waals surface area contributed by atoms with Gasteiger partial charge in [-0.1, -0.05) is 19.4 Å². The van der Waals surface area contributed by atoms with Crippen LogP contribution in [0.4, 0.5) is 0 Å². The first-order valence-electron chi connectivity index (χ1n) is 11.8. The van der Waals surface area contributed by atoms with Crippen LogP contribution in [0.2, 0.25) is 0 Å².